The molecular weight excluding hydrogens is 588 g/mol. The fraction of sp³-hybridized carbons (Fsp3) is 0.312. The topological polar surface area (TPSA) is 52.4 Å². The SMILES string of the molecule is FC(F)(F)c1ccc(CO/N=C2\CCCc3cc(CO/N=C4\CCCc5c(OCC=C(Cl)Cl)cccc54)ccc32)cc1. The van der Waals surface area contributed by atoms with Gasteiger partial charge in [-0.3, -0.25) is 0 Å². The van der Waals surface area contributed by atoms with E-state index in [0.29, 0.717) is 12.2 Å². The van der Waals surface area contributed by atoms with Gasteiger partial charge in [0, 0.05) is 16.7 Å². The van der Waals surface area contributed by atoms with Gasteiger partial charge in [0.1, 0.15) is 30.1 Å². The zero-order chi connectivity index (χ0) is 29.5. The molecule has 2 aliphatic carbocycles. The third-order valence-corrected chi connectivity index (χ3v) is 7.50. The van der Waals surface area contributed by atoms with Crippen LogP contribution in [0.2, 0.25) is 0 Å². The molecule has 0 saturated carbocycles. The maximum absolute atomic E-state index is 12.8. The van der Waals surface area contributed by atoms with Crippen molar-refractivity contribution in [3.05, 3.63) is 110 Å². The number of fused-ring (bicyclic) bond motifs is 2. The van der Waals surface area contributed by atoms with Crippen molar-refractivity contribution in [2.45, 2.75) is 57.9 Å². The lowest BCUT2D eigenvalue weighted by Gasteiger charge is -2.20. The molecule has 5 nitrogen and oxygen atoms in total. The monoisotopic (exact) mass is 616 g/mol. The highest BCUT2D eigenvalue weighted by Crippen LogP contribution is 2.31. The summed E-state index contributed by atoms with van der Waals surface area (Å²) in [5, 5.41) is 8.80. The molecule has 0 aromatic heterocycles. The Labute approximate surface area is 252 Å². The third-order valence-electron chi connectivity index (χ3n) is 7.19. The zero-order valence-corrected chi connectivity index (χ0v) is 24.2. The molecule has 220 valence electrons. The van der Waals surface area contributed by atoms with Crippen LogP contribution in [0.4, 0.5) is 13.2 Å². The van der Waals surface area contributed by atoms with Crippen LogP contribution in [0.25, 0.3) is 0 Å². The van der Waals surface area contributed by atoms with Crippen molar-refractivity contribution in [3.63, 3.8) is 0 Å². The molecule has 3 aromatic carbocycles. The lowest BCUT2D eigenvalue weighted by molar-refractivity contribution is -0.137. The van der Waals surface area contributed by atoms with Gasteiger partial charge in [0.05, 0.1) is 17.0 Å². The highest BCUT2D eigenvalue weighted by Gasteiger charge is 2.30. The Bertz CT molecular complexity index is 1500. The standard InChI is InChI=1S/C32H29Cl2F3N2O3/c33-31(34)16-17-40-30-9-3-5-26-27(30)6-2-8-29(26)39-42-20-22-12-15-25-23(18-22)4-1-7-28(25)38-41-19-21-10-13-24(14-11-21)32(35,36)37/h3,5,9-16,18H,1-2,4,6-8,17,19-20H2/b38-28+,39-29+. The maximum Gasteiger partial charge on any atom is 0.416 e. The Kier molecular flexibility index (Phi) is 9.75. The summed E-state index contributed by atoms with van der Waals surface area (Å²) in [4.78, 5) is 11.3. The second-order valence-electron chi connectivity index (χ2n) is 10.1. The lowest BCUT2D eigenvalue weighted by Crippen LogP contribution is -2.14. The summed E-state index contributed by atoms with van der Waals surface area (Å²) < 4.78 is 44.4. The van der Waals surface area contributed by atoms with Crippen LogP contribution in [0.1, 0.15) is 64.6 Å². The minimum atomic E-state index is -4.36. The van der Waals surface area contributed by atoms with Crippen molar-refractivity contribution < 1.29 is 27.6 Å². The fourth-order valence-corrected chi connectivity index (χ4v) is 5.27. The number of nitrogens with zero attached hydrogens (tertiary/aromatic N) is 2. The maximum atomic E-state index is 12.8. The average Bonchev–Trinajstić information content (AvgIpc) is 2.97. The minimum absolute atomic E-state index is 0.0960. The number of benzene rings is 3. The minimum Gasteiger partial charge on any atom is -0.489 e. The number of rotatable bonds is 9. The average molecular weight is 617 g/mol. The number of aryl methyl sites for hydroxylation is 1. The number of ether oxygens (including phenoxy) is 1. The molecule has 5 rings (SSSR count). The molecule has 0 N–H and O–H groups in total. The smallest absolute Gasteiger partial charge is 0.416 e. The molecule has 0 bridgehead atoms. The Hall–Kier alpha value is -3.49. The van der Waals surface area contributed by atoms with E-state index in [1.807, 2.05) is 30.3 Å². The van der Waals surface area contributed by atoms with Gasteiger partial charge in [0.25, 0.3) is 0 Å². The molecule has 0 radical (unpaired) electrons. The first-order chi connectivity index (χ1) is 20.3. The normalized spacial score (nSPS) is 16.5. The van der Waals surface area contributed by atoms with E-state index in [1.165, 1.54) is 12.1 Å². The molecule has 42 heavy (non-hydrogen) atoms. The number of alkyl halides is 3. The van der Waals surface area contributed by atoms with Crippen LogP contribution in [0.5, 0.6) is 5.75 Å². The van der Waals surface area contributed by atoms with E-state index in [9.17, 15) is 13.2 Å². The number of hydrogen-bond acceptors (Lipinski definition) is 5. The zero-order valence-electron chi connectivity index (χ0n) is 22.7. The first kappa shape index (κ1) is 30.0. The van der Waals surface area contributed by atoms with Crippen molar-refractivity contribution >= 4 is 34.6 Å². The van der Waals surface area contributed by atoms with E-state index in [0.717, 1.165) is 95.6 Å². The summed E-state index contributed by atoms with van der Waals surface area (Å²) in [6.07, 6.45) is 2.51. The molecule has 2 aliphatic rings. The van der Waals surface area contributed by atoms with Crippen LogP contribution in [0.3, 0.4) is 0 Å². The van der Waals surface area contributed by atoms with Crippen molar-refractivity contribution in [1.82, 2.24) is 0 Å². The van der Waals surface area contributed by atoms with Crippen LogP contribution in [0, 0.1) is 0 Å². The van der Waals surface area contributed by atoms with Crippen molar-refractivity contribution in [2.24, 2.45) is 10.3 Å². The Balaban J connectivity index is 1.20. The molecular formula is C32H29Cl2F3N2O3. The molecule has 0 fully saturated rings. The molecule has 10 heteroatoms. The summed E-state index contributed by atoms with van der Waals surface area (Å²) in [5.41, 5.74) is 6.97. The van der Waals surface area contributed by atoms with Gasteiger partial charge in [-0.2, -0.15) is 13.2 Å². The van der Waals surface area contributed by atoms with Crippen LogP contribution in [0.15, 0.2) is 81.5 Å². The van der Waals surface area contributed by atoms with Gasteiger partial charge in [0.2, 0.25) is 0 Å². The Morgan fingerprint density at radius 2 is 1.45 bits per heavy atom. The second-order valence-corrected chi connectivity index (χ2v) is 11.1. The predicted octanol–water partition coefficient (Wildman–Crippen LogP) is 8.92. The summed E-state index contributed by atoms with van der Waals surface area (Å²) in [5.74, 6) is 0.793. The largest absolute Gasteiger partial charge is 0.489 e. The second kappa shape index (κ2) is 13.7. The van der Waals surface area contributed by atoms with Gasteiger partial charge in [-0.05, 0) is 79.5 Å². The van der Waals surface area contributed by atoms with Gasteiger partial charge in [0.15, 0.2) is 0 Å². The van der Waals surface area contributed by atoms with Crippen LogP contribution < -0.4 is 4.74 Å². The summed E-state index contributed by atoms with van der Waals surface area (Å²) in [6, 6.07) is 16.9. The van der Waals surface area contributed by atoms with Crippen LogP contribution in [-0.4, -0.2) is 18.0 Å². The van der Waals surface area contributed by atoms with Crippen LogP contribution in [-0.2, 0) is 41.9 Å². The van der Waals surface area contributed by atoms with E-state index in [4.69, 9.17) is 37.6 Å². The molecule has 0 saturated heterocycles. The van der Waals surface area contributed by atoms with Crippen molar-refractivity contribution in [2.75, 3.05) is 6.61 Å². The first-order valence-electron chi connectivity index (χ1n) is 13.7. The molecule has 0 aliphatic heterocycles. The third kappa shape index (κ3) is 7.66. The van der Waals surface area contributed by atoms with E-state index >= 15 is 0 Å². The molecule has 0 heterocycles. The molecule has 0 amide bonds. The van der Waals surface area contributed by atoms with Gasteiger partial charge in [-0.1, -0.05) is 76.0 Å². The Morgan fingerprint density at radius 3 is 2.17 bits per heavy atom. The number of halogens is 5. The van der Waals surface area contributed by atoms with Crippen molar-refractivity contribution in [1.29, 1.82) is 0 Å². The van der Waals surface area contributed by atoms with Gasteiger partial charge < -0.3 is 14.4 Å². The molecule has 0 unspecified atom stereocenters. The molecule has 0 spiro atoms. The Morgan fingerprint density at radius 1 is 0.786 bits per heavy atom. The highest BCUT2D eigenvalue weighted by atomic mass is 35.5. The highest BCUT2D eigenvalue weighted by molar-refractivity contribution is 6.55. The van der Waals surface area contributed by atoms with E-state index < -0.39 is 11.7 Å². The summed E-state index contributed by atoms with van der Waals surface area (Å²) in [7, 11) is 0. The van der Waals surface area contributed by atoms with Gasteiger partial charge in [-0.25, -0.2) is 0 Å². The quantitative estimate of drug-likeness (QED) is 0.225. The molecule has 3 aromatic rings. The summed E-state index contributed by atoms with van der Waals surface area (Å²) in [6.45, 7) is 0.717. The van der Waals surface area contributed by atoms with E-state index in [1.54, 1.807) is 6.08 Å². The first-order valence-corrected chi connectivity index (χ1v) is 14.5. The number of oxime groups is 2. The number of hydrogen-bond donors (Lipinski definition) is 0. The fourth-order valence-electron chi connectivity index (χ4n) is 5.15. The lowest BCUT2D eigenvalue weighted by atomic mass is 9.89. The van der Waals surface area contributed by atoms with E-state index in [2.05, 4.69) is 16.4 Å². The summed E-state index contributed by atoms with van der Waals surface area (Å²) >= 11 is 11.4. The van der Waals surface area contributed by atoms with Crippen molar-refractivity contribution in [3.8, 4) is 5.75 Å². The van der Waals surface area contributed by atoms with Gasteiger partial charge in [-0.15, -0.1) is 0 Å². The van der Waals surface area contributed by atoms with Crippen LogP contribution >= 0.6 is 23.2 Å². The predicted molar refractivity (Wildman–Crippen MR) is 158 cm³/mol. The van der Waals surface area contributed by atoms with Gasteiger partial charge >= 0.3 is 6.18 Å². The van der Waals surface area contributed by atoms with E-state index in [-0.39, 0.29) is 17.7 Å². The molecule has 0 atom stereocenters.